The normalized spacial score (nSPS) is 14.8. The predicted octanol–water partition coefficient (Wildman–Crippen LogP) is 3.22. The molecule has 3 N–H and O–H groups in total. The van der Waals surface area contributed by atoms with Gasteiger partial charge in [-0.2, -0.15) is 0 Å². The van der Waals surface area contributed by atoms with Crippen molar-refractivity contribution in [3.8, 4) is 5.75 Å². The Bertz CT molecular complexity index is 504. The smallest absolute Gasteiger partial charge is 0.119 e. The molecule has 0 saturated heterocycles. The molecular formula is C14H20N2O. The number of hydrogen-bond donors (Lipinski definition) is 2. The third-order valence-corrected chi connectivity index (χ3v) is 3.54. The Morgan fingerprint density at radius 3 is 2.82 bits per heavy atom. The summed E-state index contributed by atoms with van der Waals surface area (Å²) in [4.78, 5) is 3.26. The zero-order valence-electron chi connectivity index (χ0n) is 10.7. The van der Waals surface area contributed by atoms with Gasteiger partial charge >= 0.3 is 0 Å². The van der Waals surface area contributed by atoms with Gasteiger partial charge in [0.2, 0.25) is 0 Å². The highest BCUT2D eigenvalue weighted by molar-refractivity contribution is 5.85. The molecule has 92 valence electrons. The zero-order chi connectivity index (χ0) is 12.4. The van der Waals surface area contributed by atoms with Gasteiger partial charge in [0.05, 0.1) is 7.11 Å². The minimum Gasteiger partial charge on any atom is -0.497 e. The van der Waals surface area contributed by atoms with Crippen LogP contribution < -0.4 is 10.5 Å². The minimum absolute atomic E-state index is 0.0702. The van der Waals surface area contributed by atoms with Crippen LogP contribution in [0.15, 0.2) is 24.4 Å². The maximum absolute atomic E-state index is 6.29. The van der Waals surface area contributed by atoms with Crippen LogP contribution in [0.3, 0.4) is 0 Å². The molecule has 2 aromatic rings. The highest BCUT2D eigenvalue weighted by Gasteiger charge is 2.17. The van der Waals surface area contributed by atoms with Gasteiger partial charge in [0, 0.05) is 23.1 Å². The first-order valence-electron chi connectivity index (χ1n) is 6.08. The number of aromatic nitrogens is 1. The fraction of sp³-hybridized carbons (Fsp3) is 0.429. The average Bonchev–Trinajstić information content (AvgIpc) is 2.79. The fourth-order valence-electron chi connectivity index (χ4n) is 2.08. The van der Waals surface area contributed by atoms with E-state index >= 15 is 0 Å². The van der Waals surface area contributed by atoms with Crippen LogP contribution in [0.25, 0.3) is 10.9 Å². The number of fused-ring (bicyclic) bond motifs is 1. The topological polar surface area (TPSA) is 51.0 Å². The van der Waals surface area contributed by atoms with Gasteiger partial charge in [-0.25, -0.2) is 0 Å². The summed E-state index contributed by atoms with van der Waals surface area (Å²) in [5.41, 5.74) is 8.58. The molecule has 0 aliphatic heterocycles. The molecule has 0 aliphatic carbocycles. The first-order chi connectivity index (χ1) is 8.17. The van der Waals surface area contributed by atoms with Gasteiger partial charge < -0.3 is 15.5 Å². The third-order valence-electron chi connectivity index (χ3n) is 3.54. The van der Waals surface area contributed by atoms with E-state index in [4.69, 9.17) is 10.5 Å². The maximum atomic E-state index is 6.29. The molecule has 1 aromatic carbocycles. The molecule has 0 bridgehead atoms. The molecule has 1 unspecified atom stereocenters. The second kappa shape index (κ2) is 4.80. The molecule has 0 saturated carbocycles. The number of rotatable bonds is 4. The van der Waals surface area contributed by atoms with Crippen LogP contribution in [0, 0.1) is 5.92 Å². The highest BCUT2D eigenvalue weighted by Crippen LogP contribution is 2.30. The molecule has 2 rings (SSSR count). The van der Waals surface area contributed by atoms with Crippen LogP contribution in [0.5, 0.6) is 5.75 Å². The molecule has 3 nitrogen and oxygen atoms in total. The Kier molecular flexibility index (Phi) is 3.38. The van der Waals surface area contributed by atoms with E-state index in [1.165, 1.54) is 5.56 Å². The molecule has 0 fully saturated rings. The molecule has 1 aromatic heterocycles. The number of ether oxygens (including phenoxy) is 1. The van der Waals surface area contributed by atoms with Gasteiger partial charge in [-0.05, 0) is 29.7 Å². The Labute approximate surface area is 102 Å². The van der Waals surface area contributed by atoms with Crippen LogP contribution in [0.2, 0.25) is 0 Å². The molecule has 0 radical (unpaired) electrons. The quantitative estimate of drug-likeness (QED) is 0.850. The van der Waals surface area contributed by atoms with E-state index in [0.717, 1.165) is 23.1 Å². The van der Waals surface area contributed by atoms with Crippen molar-refractivity contribution in [2.45, 2.75) is 26.3 Å². The van der Waals surface area contributed by atoms with Crippen molar-refractivity contribution < 1.29 is 4.74 Å². The minimum atomic E-state index is 0.0702. The van der Waals surface area contributed by atoms with E-state index in [9.17, 15) is 0 Å². The monoisotopic (exact) mass is 232 g/mol. The van der Waals surface area contributed by atoms with Crippen molar-refractivity contribution in [2.75, 3.05) is 7.11 Å². The number of aromatic amines is 1. The summed E-state index contributed by atoms with van der Waals surface area (Å²) in [5.74, 6) is 1.34. The number of benzene rings is 1. The lowest BCUT2D eigenvalue weighted by molar-refractivity contribution is 0.415. The van der Waals surface area contributed by atoms with Gasteiger partial charge in [0.25, 0.3) is 0 Å². The van der Waals surface area contributed by atoms with Gasteiger partial charge in [-0.1, -0.05) is 20.3 Å². The number of H-pyrrole nitrogens is 1. The lowest BCUT2D eigenvalue weighted by atomic mass is 9.93. The third kappa shape index (κ3) is 2.15. The van der Waals surface area contributed by atoms with Crippen LogP contribution in [-0.4, -0.2) is 12.1 Å². The first-order valence-corrected chi connectivity index (χ1v) is 6.08. The maximum Gasteiger partial charge on any atom is 0.119 e. The van der Waals surface area contributed by atoms with Crippen molar-refractivity contribution in [1.82, 2.24) is 4.98 Å². The van der Waals surface area contributed by atoms with E-state index in [0.29, 0.717) is 5.92 Å². The van der Waals surface area contributed by atoms with Crippen LogP contribution in [0.4, 0.5) is 0 Å². The lowest BCUT2D eigenvalue weighted by Gasteiger charge is -2.17. The summed E-state index contributed by atoms with van der Waals surface area (Å²) in [6.45, 7) is 4.35. The standard InChI is InChI=1S/C14H20N2O/c1-4-9(2)14(15)12-8-16-13-6-5-10(17-3)7-11(12)13/h5-9,14,16H,4,15H2,1-3H3/t9?,14-/m0/s1. The summed E-state index contributed by atoms with van der Waals surface area (Å²) in [6.07, 6.45) is 3.10. The Balaban J connectivity index is 2.47. The molecule has 1 heterocycles. The largest absolute Gasteiger partial charge is 0.497 e. The van der Waals surface area contributed by atoms with Crippen molar-refractivity contribution in [3.63, 3.8) is 0 Å². The average molecular weight is 232 g/mol. The summed E-state index contributed by atoms with van der Waals surface area (Å²) in [5, 5.41) is 1.16. The Morgan fingerprint density at radius 2 is 2.18 bits per heavy atom. The molecule has 0 spiro atoms. The Hall–Kier alpha value is -1.48. The second-order valence-electron chi connectivity index (χ2n) is 4.57. The molecule has 3 heteroatoms. The van der Waals surface area contributed by atoms with Gasteiger partial charge in [0.1, 0.15) is 5.75 Å². The molecule has 2 atom stereocenters. The van der Waals surface area contributed by atoms with Crippen LogP contribution >= 0.6 is 0 Å². The van der Waals surface area contributed by atoms with Crippen molar-refractivity contribution in [1.29, 1.82) is 0 Å². The summed E-state index contributed by atoms with van der Waals surface area (Å²) in [6, 6.07) is 6.10. The first kappa shape index (κ1) is 12.0. The summed E-state index contributed by atoms with van der Waals surface area (Å²) in [7, 11) is 1.68. The van der Waals surface area contributed by atoms with E-state index in [1.807, 2.05) is 24.4 Å². The molecule has 0 aliphatic rings. The van der Waals surface area contributed by atoms with Crippen molar-refractivity contribution >= 4 is 10.9 Å². The summed E-state index contributed by atoms with van der Waals surface area (Å²) < 4.78 is 5.26. The van der Waals surface area contributed by atoms with Crippen LogP contribution in [0.1, 0.15) is 31.9 Å². The summed E-state index contributed by atoms with van der Waals surface area (Å²) >= 11 is 0. The fourth-order valence-corrected chi connectivity index (χ4v) is 2.08. The number of nitrogens with two attached hydrogens (primary N) is 1. The van der Waals surface area contributed by atoms with Crippen molar-refractivity contribution in [3.05, 3.63) is 30.0 Å². The van der Waals surface area contributed by atoms with Gasteiger partial charge in [0.15, 0.2) is 0 Å². The van der Waals surface area contributed by atoms with Gasteiger partial charge in [-0.3, -0.25) is 0 Å². The molecule has 17 heavy (non-hydrogen) atoms. The highest BCUT2D eigenvalue weighted by atomic mass is 16.5. The number of hydrogen-bond acceptors (Lipinski definition) is 2. The van der Waals surface area contributed by atoms with E-state index in [1.54, 1.807) is 7.11 Å². The number of nitrogens with one attached hydrogen (secondary N) is 1. The van der Waals surface area contributed by atoms with E-state index < -0.39 is 0 Å². The SMILES string of the molecule is CCC(C)[C@H](N)c1c[nH]c2ccc(OC)cc12. The van der Waals surface area contributed by atoms with Crippen LogP contribution in [-0.2, 0) is 0 Å². The lowest BCUT2D eigenvalue weighted by Crippen LogP contribution is -2.18. The molecule has 0 amide bonds. The number of methoxy groups -OCH3 is 1. The van der Waals surface area contributed by atoms with Crippen molar-refractivity contribution in [2.24, 2.45) is 11.7 Å². The molecular weight excluding hydrogens is 212 g/mol. The predicted molar refractivity (Wildman–Crippen MR) is 71.2 cm³/mol. The van der Waals surface area contributed by atoms with Gasteiger partial charge in [-0.15, -0.1) is 0 Å². The Morgan fingerprint density at radius 1 is 1.41 bits per heavy atom. The second-order valence-corrected chi connectivity index (χ2v) is 4.57. The zero-order valence-corrected chi connectivity index (χ0v) is 10.7. The van der Waals surface area contributed by atoms with E-state index in [-0.39, 0.29) is 6.04 Å². The van der Waals surface area contributed by atoms with E-state index in [2.05, 4.69) is 18.8 Å².